The monoisotopic (exact) mass is 275 g/mol. The average molecular weight is 275 g/mol. The summed E-state index contributed by atoms with van der Waals surface area (Å²) in [5.74, 6) is 0. The van der Waals surface area contributed by atoms with Crippen LogP contribution in [0, 0.1) is 17.0 Å². The van der Waals surface area contributed by atoms with Gasteiger partial charge in [-0.25, -0.2) is 0 Å². The van der Waals surface area contributed by atoms with Gasteiger partial charge in [0.2, 0.25) is 0 Å². The highest BCUT2D eigenvalue weighted by Gasteiger charge is 2.36. The lowest BCUT2D eigenvalue weighted by Crippen LogP contribution is -2.44. The second-order valence-corrected chi connectivity index (χ2v) is 5.81. The van der Waals surface area contributed by atoms with Gasteiger partial charge in [0, 0.05) is 24.7 Å². The van der Waals surface area contributed by atoms with Gasteiger partial charge in [-0.05, 0) is 44.7 Å². The first kappa shape index (κ1) is 13.4. The van der Waals surface area contributed by atoms with Crippen molar-refractivity contribution in [2.24, 2.45) is 0 Å². The second kappa shape index (κ2) is 5.40. The van der Waals surface area contributed by atoms with Gasteiger partial charge in [0.25, 0.3) is 5.69 Å². The maximum absolute atomic E-state index is 11.3. The van der Waals surface area contributed by atoms with E-state index in [2.05, 4.69) is 10.2 Å². The quantitative estimate of drug-likeness (QED) is 0.680. The predicted molar refractivity (Wildman–Crippen MR) is 79.2 cm³/mol. The van der Waals surface area contributed by atoms with E-state index in [-0.39, 0.29) is 10.6 Å². The molecular formula is C15H21N3O2. The molecule has 0 aromatic heterocycles. The first-order valence-electron chi connectivity index (χ1n) is 7.42. The first-order chi connectivity index (χ1) is 9.68. The summed E-state index contributed by atoms with van der Waals surface area (Å²) in [4.78, 5) is 13.3. The molecule has 0 aliphatic carbocycles. The van der Waals surface area contributed by atoms with Crippen LogP contribution >= 0.6 is 0 Å². The zero-order chi connectivity index (χ0) is 14.1. The van der Waals surface area contributed by atoms with Crippen LogP contribution in [0.4, 0.5) is 11.4 Å². The Hall–Kier alpha value is -1.62. The molecule has 1 aromatic carbocycles. The lowest BCUT2D eigenvalue weighted by atomic mass is 10.0. The highest BCUT2D eigenvalue weighted by Crippen LogP contribution is 2.38. The molecule has 2 heterocycles. The summed E-state index contributed by atoms with van der Waals surface area (Å²) in [7, 11) is 0. The number of rotatable bonds is 3. The molecule has 2 aliphatic heterocycles. The number of nitro benzene ring substituents is 1. The van der Waals surface area contributed by atoms with Gasteiger partial charge in [-0.2, -0.15) is 0 Å². The molecule has 5 heteroatoms. The normalized spacial score (nSPS) is 26.1. The van der Waals surface area contributed by atoms with E-state index < -0.39 is 0 Å². The van der Waals surface area contributed by atoms with Crippen LogP contribution < -0.4 is 10.2 Å². The first-order valence-corrected chi connectivity index (χ1v) is 7.42. The van der Waals surface area contributed by atoms with Crippen molar-refractivity contribution in [3.05, 3.63) is 33.9 Å². The number of nitrogens with one attached hydrogen (secondary N) is 1. The third kappa shape index (κ3) is 2.26. The Morgan fingerprint density at radius 2 is 2.20 bits per heavy atom. The van der Waals surface area contributed by atoms with Gasteiger partial charge in [-0.3, -0.25) is 10.1 Å². The smallest absolute Gasteiger partial charge is 0.292 e. The third-order valence-corrected chi connectivity index (χ3v) is 4.56. The van der Waals surface area contributed by atoms with Crippen LogP contribution in [0.25, 0.3) is 0 Å². The van der Waals surface area contributed by atoms with Crippen molar-refractivity contribution >= 4 is 11.4 Å². The molecule has 2 atom stereocenters. The number of nitro groups is 1. The van der Waals surface area contributed by atoms with Crippen LogP contribution in [0.3, 0.4) is 0 Å². The molecule has 20 heavy (non-hydrogen) atoms. The highest BCUT2D eigenvalue weighted by atomic mass is 16.6. The van der Waals surface area contributed by atoms with Gasteiger partial charge in [-0.1, -0.05) is 12.1 Å². The fourth-order valence-electron chi connectivity index (χ4n) is 3.69. The van der Waals surface area contributed by atoms with E-state index in [1.807, 2.05) is 13.0 Å². The molecule has 0 saturated carbocycles. The third-order valence-electron chi connectivity index (χ3n) is 4.56. The number of nitrogens with zero attached hydrogens (tertiary/aromatic N) is 2. The molecule has 5 nitrogen and oxygen atoms in total. The molecule has 2 fully saturated rings. The van der Waals surface area contributed by atoms with E-state index >= 15 is 0 Å². The van der Waals surface area contributed by atoms with Gasteiger partial charge in [0.15, 0.2) is 0 Å². The fourth-order valence-corrected chi connectivity index (χ4v) is 3.69. The molecule has 0 bridgehead atoms. The molecule has 1 N–H and O–H groups in total. The molecule has 2 aliphatic rings. The van der Waals surface area contributed by atoms with Gasteiger partial charge < -0.3 is 10.2 Å². The van der Waals surface area contributed by atoms with Crippen molar-refractivity contribution in [2.75, 3.05) is 18.0 Å². The largest absolute Gasteiger partial charge is 0.361 e. The topological polar surface area (TPSA) is 58.4 Å². The van der Waals surface area contributed by atoms with Crippen molar-refractivity contribution < 1.29 is 4.92 Å². The minimum atomic E-state index is -0.250. The Bertz CT molecular complexity index is 512. The second-order valence-electron chi connectivity index (χ2n) is 5.81. The van der Waals surface area contributed by atoms with Gasteiger partial charge in [-0.15, -0.1) is 0 Å². The number of hydrogen-bond acceptors (Lipinski definition) is 4. The van der Waals surface area contributed by atoms with E-state index in [4.69, 9.17) is 0 Å². The molecule has 2 saturated heterocycles. The highest BCUT2D eigenvalue weighted by molar-refractivity contribution is 5.68. The summed E-state index contributed by atoms with van der Waals surface area (Å²) in [5.41, 5.74) is 2.08. The predicted octanol–water partition coefficient (Wildman–Crippen LogP) is 2.62. The molecule has 0 spiro atoms. The lowest BCUT2D eigenvalue weighted by Gasteiger charge is -2.32. The maximum Gasteiger partial charge on any atom is 0.292 e. The van der Waals surface area contributed by atoms with Crippen molar-refractivity contribution in [1.82, 2.24) is 5.32 Å². The fraction of sp³-hybridized carbons (Fsp3) is 0.600. The molecule has 1 aromatic rings. The number of anilines is 1. The zero-order valence-electron chi connectivity index (χ0n) is 11.8. The van der Waals surface area contributed by atoms with Crippen molar-refractivity contribution in [2.45, 2.75) is 44.7 Å². The van der Waals surface area contributed by atoms with Crippen LogP contribution in [0.15, 0.2) is 18.2 Å². The Balaban J connectivity index is 1.96. The van der Waals surface area contributed by atoms with Crippen LogP contribution in [0.5, 0.6) is 0 Å². The standard InChI is InChI=1S/C15H21N3O2/c1-11-5-2-7-14(18(19)20)15(11)17-10-4-8-13(17)12-6-3-9-16-12/h2,5,7,12-13,16H,3-4,6,8-10H2,1H3. The van der Waals surface area contributed by atoms with E-state index in [9.17, 15) is 10.1 Å². The maximum atomic E-state index is 11.3. The van der Waals surface area contributed by atoms with Crippen LogP contribution in [0.2, 0.25) is 0 Å². The van der Waals surface area contributed by atoms with Gasteiger partial charge in [0.1, 0.15) is 5.69 Å². The Kier molecular flexibility index (Phi) is 3.61. The lowest BCUT2D eigenvalue weighted by molar-refractivity contribution is -0.384. The van der Waals surface area contributed by atoms with Crippen molar-refractivity contribution in [1.29, 1.82) is 0 Å². The summed E-state index contributed by atoms with van der Waals surface area (Å²) in [6.07, 6.45) is 4.64. The number of hydrogen-bond donors (Lipinski definition) is 1. The zero-order valence-corrected chi connectivity index (χ0v) is 11.8. The van der Waals surface area contributed by atoms with Crippen molar-refractivity contribution in [3.8, 4) is 0 Å². The van der Waals surface area contributed by atoms with E-state index in [0.29, 0.717) is 12.1 Å². The van der Waals surface area contributed by atoms with E-state index in [0.717, 1.165) is 37.2 Å². The van der Waals surface area contributed by atoms with Crippen LogP contribution in [0.1, 0.15) is 31.2 Å². The molecule has 0 radical (unpaired) electrons. The Morgan fingerprint density at radius 3 is 2.90 bits per heavy atom. The average Bonchev–Trinajstić information content (AvgIpc) is 3.08. The van der Waals surface area contributed by atoms with Crippen molar-refractivity contribution in [3.63, 3.8) is 0 Å². The Morgan fingerprint density at radius 1 is 1.35 bits per heavy atom. The van der Waals surface area contributed by atoms with E-state index in [1.54, 1.807) is 12.1 Å². The minimum Gasteiger partial charge on any atom is -0.361 e. The number of para-hydroxylation sites is 1. The summed E-state index contributed by atoms with van der Waals surface area (Å²) >= 11 is 0. The number of aryl methyl sites for hydroxylation is 1. The summed E-state index contributed by atoms with van der Waals surface area (Å²) in [6, 6.07) is 6.25. The SMILES string of the molecule is Cc1cccc([N+](=O)[O-])c1N1CCCC1C1CCCN1. The van der Waals surface area contributed by atoms with Gasteiger partial charge in [0.05, 0.1) is 4.92 Å². The minimum absolute atomic E-state index is 0.245. The summed E-state index contributed by atoms with van der Waals surface area (Å²) in [6.45, 7) is 3.97. The van der Waals surface area contributed by atoms with Crippen LogP contribution in [-0.4, -0.2) is 30.1 Å². The summed E-state index contributed by atoms with van der Waals surface area (Å²) in [5, 5.41) is 14.9. The van der Waals surface area contributed by atoms with E-state index in [1.165, 1.54) is 12.8 Å². The number of benzene rings is 1. The van der Waals surface area contributed by atoms with Crippen LogP contribution in [-0.2, 0) is 0 Å². The molecule has 2 unspecified atom stereocenters. The molecular weight excluding hydrogens is 254 g/mol. The van der Waals surface area contributed by atoms with Gasteiger partial charge >= 0.3 is 0 Å². The molecule has 0 amide bonds. The molecule has 3 rings (SSSR count). The Labute approximate surface area is 119 Å². The summed E-state index contributed by atoms with van der Waals surface area (Å²) < 4.78 is 0. The molecule has 108 valence electrons.